The number of benzene rings is 1. The lowest BCUT2D eigenvalue weighted by Gasteiger charge is -2.10. The molecule has 0 unspecified atom stereocenters. The molecule has 3 aromatic rings. The van der Waals surface area contributed by atoms with Crippen LogP contribution in [0.5, 0.6) is 0 Å². The number of hydrogen-bond acceptors (Lipinski definition) is 4. The molecule has 6 heteroatoms. The summed E-state index contributed by atoms with van der Waals surface area (Å²) >= 11 is 1.69. The van der Waals surface area contributed by atoms with Crippen molar-refractivity contribution in [2.45, 2.75) is 31.8 Å². The zero-order valence-corrected chi connectivity index (χ0v) is 14.4. The maximum atomic E-state index is 12.3. The summed E-state index contributed by atoms with van der Waals surface area (Å²) in [6, 6.07) is 7.82. The highest BCUT2D eigenvalue weighted by molar-refractivity contribution is 7.07. The van der Waals surface area contributed by atoms with Crippen LogP contribution >= 0.6 is 11.3 Å². The third kappa shape index (κ3) is 2.95. The summed E-state index contributed by atoms with van der Waals surface area (Å²) in [4.78, 5) is 16.9. The predicted octanol–water partition coefficient (Wildman–Crippen LogP) is 2.68. The van der Waals surface area contributed by atoms with Gasteiger partial charge in [-0.1, -0.05) is 0 Å². The summed E-state index contributed by atoms with van der Waals surface area (Å²) in [7, 11) is 0. The number of aryl methyl sites for hydroxylation is 1. The van der Waals surface area contributed by atoms with Crippen LogP contribution < -0.4 is 11.1 Å². The van der Waals surface area contributed by atoms with Crippen molar-refractivity contribution < 1.29 is 4.79 Å². The highest BCUT2D eigenvalue weighted by atomic mass is 32.1. The van der Waals surface area contributed by atoms with Crippen LogP contribution in [-0.4, -0.2) is 27.5 Å². The Labute approximate surface area is 144 Å². The van der Waals surface area contributed by atoms with Crippen molar-refractivity contribution >= 4 is 28.3 Å². The van der Waals surface area contributed by atoms with Crippen molar-refractivity contribution in [3.05, 3.63) is 52.0 Å². The Kier molecular flexibility index (Phi) is 3.66. The summed E-state index contributed by atoms with van der Waals surface area (Å²) < 4.78 is 2.18. The molecule has 3 N–H and O–H groups in total. The van der Waals surface area contributed by atoms with E-state index in [1.807, 2.05) is 25.1 Å². The maximum absolute atomic E-state index is 12.3. The Morgan fingerprint density at radius 2 is 2.25 bits per heavy atom. The molecule has 0 atom stereocenters. The van der Waals surface area contributed by atoms with E-state index in [1.165, 1.54) is 5.56 Å². The van der Waals surface area contributed by atoms with E-state index >= 15 is 0 Å². The number of rotatable bonds is 5. The molecular formula is C18H20N4OS. The second-order valence-electron chi connectivity index (χ2n) is 6.63. The number of amides is 1. The first kappa shape index (κ1) is 15.4. The van der Waals surface area contributed by atoms with Gasteiger partial charge in [-0.25, -0.2) is 4.98 Å². The molecule has 0 radical (unpaired) electrons. The molecule has 124 valence electrons. The highest BCUT2D eigenvalue weighted by Crippen LogP contribution is 2.31. The first-order valence-corrected chi connectivity index (χ1v) is 9.03. The number of imidazole rings is 1. The number of aromatic nitrogens is 2. The number of nitrogens with one attached hydrogen (secondary N) is 1. The second-order valence-corrected chi connectivity index (χ2v) is 7.41. The number of nitrogens with two attached hydrogens (primary N) is 1. The van der Waals surface area contributed by atoms with Crippen LogP contribution in [-0.2, 0) is 6.54 Å². The number of hydrogen-bond donors (Lipinski definition) is 2. The van der Waals surface area contributed by atoms with E-state index in [0.717, 1.165) is 36.2 Å². The molecule has 1 saturated carbocycles. The Bertz CT molecular complexity index is 893. The quantitative estimate of drug-likeness (QED) is 0.750. The number of thiophene rings is 1. The van der Waals surface area contributed by atoms with Gasteiger partial charge in [0.25, 0.3) is 5.91 Å². The normalized spacial score (nSPS) is 15.6. The second kappa shape index (κ2) is 5.72. The van der Waals surface area contributed by atoms with E-state index in [4.69, 9.17) is 5.73 Å². The Morgan fingerprint density at radius 3 is 2.96 bits per heavy atom. The molecule has 2 aromatic heterocycles. The average molecular weight is 340 g/mol. The van der Waals surface area contributed by atoms with Crippen molar-refractivity contribution in [2.75, 3.05) is 6.54 Å². The van der Waals surface area contributed by atoms with Gasteiger partial charge in [0, 0.05) is 17.6 Å². The molecule has 1 aliphatic rings. The molecule has 1 amide bonds. The van der Waals surface area contributed by atoms with Crippen LogP contribution in [0.3, 0.4) is 0 Å². The van der Waals surface area contributed by atoms with Gasteiger partial charge in [-0.05, 0) is 60.4 Å². The lowest BCUT2D eigenvalue weighted by Crippen LogP contribution is -2.38. The topological polar surface area (TPSA) is 72.9 Å². The van der Waals surface area contributed by atoms with Gasteiger partial charge in [0.1, 0.15) is 5.82 Å². The SMILES string of the molecule is Cc1nc2cc(C(=O)NCC3(N)CC3)ccc2n1Cc1ccsc1. The van der Waals surface area contributed by atoms with Crippen LogP contribution in [0, 0.1) is 6.92 Å². The third-order valence-corrected chi connectivity index (χ3v) is 5.35. The minimum atomic E-state index is -0.182. The van der Waals surface area contributed by atoms with E-state index in [2.05, 4.69) is 31.7 Å². The van der Waals surface area contributed by atoms with Crippen LogP contribution in [0.25, 0.3) is 11.0 Å². The van der Waals surface area contributed by atoms with Gasteiger partial charge >= 0.3 is 0 Å². The van der Waals surface area contributed by atoms with Crippen LogP contribution in [0.1, 0.15) is 34.6 Å². The molecule has 4 rings (SSSR count). The first-order chi connectivity index (χ1) is 11.5. The molecule has 0 aliphatic heterocycles. The smallest absolute Gasteiger partial charge is 0.251 e. The maximum Gasteiger partial charge on any atom is 0.251 e. The van der Waals surface area contributed by atoms with Gasteiger partial charge in [0.05, 0.1) is 17.6 Å². The van der Waals surface area contributed by atoms with Gasteiger partial charge in [0.2, 0.25) is 0 Å². The Balaban J connectivity index is 1.58. The molecular weight excluding hydrogens is 320 g/mol. The fraction of sp³-hybridized carbons (Fsp3) is 0.333. The van der Waals surface area contributed by atoms with Crippen LogP contribution in [0.15, 0.2) is 35.0 Å². The highest BCUT2D eigenvalue weighted by Gasteiger charge is 2.38. The van der Waals surface area contributed by atoms with Gasteiger partial charge in [0.15, 0.2) is 0 Å². The molecule has 24 heavy (non-hydrogen) atoms. The van der Waals surface area contributed by atoms with E-state index in [9.17, 15) is 4.79 Å². The van der Waals surface area contributed by atoms with Crippen LogP contribution in [0.4, 0.5) is 0 Å². The molecule has 0 bridgehead atoms. The zero-order chi connectivity index (χ0) is 16.7. The summed E-state index contributed by atoms with van der Waals surface area (Å²) in [5.41, 5.74) is 9.64. The molecule has 0 saturated heterocycles. The fourth-order valence-electron chi connectivity index (χ4n) is 2.85. The third-order valence-electron chi connectivity index (χ3n) is 4.62. The molecule has 5 nitrogen and oxygen atoms in total. The summed E-state index contributed by atoms with van der Waals surface area (Å²) in [5.74, 6) is 0.867. The lowest BCUT2D eigenvalue weighted by atomic mass is 10.1. The van der Waals surface area contributed by atoms with Crippen LogP contribution in [0.2, 0.25) is 0 Å². The van der Waals surface area contributed by atoms with E-state index < -0.39 is 0 Å². The van der Waals surface area contributed by atoms with Crippen molar-refractivity contribution in [3.8, 4) is 0 Å². The van der Waals surface area contributed by atoms with E-state index in [-0.39, 0.29) is 11.4 Å². The average Bonchev–Trinajstić information content (AvgIpc) is 2.98. The number of carbonyl (C=O) groups is 1. The summed E-state index contributed by atoms with van der Waals surface area (Å²) in [6.07, 6.45) is 1.97. The first-order valence-electron chi connectivity index (χ1n) is 8.09. The minimum Gasteiger partial charge on any atom is -0.350 e. The lowest BCUT2D eigenvalue weighted by molar-refractivity contribution is 0.0950. The molecule has 0 spiro atoms. The van der Waals surface area contributed by atoms with Crippen molar-refractivity contribution in [1.82, 2.24) is 14.9 Å². The Hall–Kier alpha value is -2.18. The largest absolute Gasteiger partial charge is 0.350 e. The van der Waals surface area contributed by atoms with E-state index in [1.54, 1.807) is 11.3 Å². The van der Waals surface area contributed by atoms with Crippen molar-refractivity contribution in [2.24, 2.45) is 5.73 Å². The molecule has 1 fully saturated rings. The summed E-state index contributed by atoms with van der Waals surface area (Å²) in [5, 5.41) is 7.15. The fourth-order valence-corrected chi connectivity index (χ4v) is 3.51. The Morgan fingerprint density at radius 1 is 1.42 bits per heavy atom. The summed E-state index contributed by atoms with van der Waals surface area (Å²) in [6.45, 7) is 3.33. The molecule has 2 heterocycles. The number of fused-ring (bicyclic) bond motifs is 1. The van der Waals surface area contributed by atoms with Crippen molar-refractivity contribution in [1.29, 1.82) is 0 Å². The van der Waals surface area contributed by atoms with Gasteiger partial charge < -0.3 is 15.6 Å². The standard InChI is InChI=1S/C18H20N4OS/c1-12-21-15-8-14(17(23)20-11-18(19)5-6-18)2-3-16(15)22(12)9-13-4-7-24-10-13/h2-4,7-8,10H,5-6,9,11,19H2,1H3,(H,20,23). The van der Waals surface area contributed by atoms with E-state index in [0.29, 0.717) is 12.1 Å². The minimum absolute atomic E-state index is 0.0846. The monoisotopic (exact) mass is 340 g/mol. The number of nitrogens with zero attached hydrogens (tertiary/aromatic N) is 2. The molecule has 1 aliphatic carbocycles. The van der Waals surface area contributed by atoms with Gasteiger partial charge in [-0.3, -0.25) is 4.79 Å². The van der Waals surface area contributed by atoms with Gasteiger partial charge in [-0.15, -0.1) is 0 Å². The van der Waals surface area contributed by atoms with Gasteiger partial charge in [-0.2, -0.15) is 11.3 Å². The predicted molar refractivity (Wildman–Crippen MR) is 96.4 cm³/mol. The van der Waals surface area contributed by atoms with Crippen molar-refractivity contribution in [3.63, 3.8) is 0 Å². The number of carbonyl (C=O) groups excluding carboxylic acids is 1. The zero-order valence-electron chi connectivity index (χ0n) is 13.6. The molecule has 1 aromatic carbocycles.